The highest BCUT2D eigenvalue weighted by Crippen LogP contribution is 3.12. The second kappa shape index (κ2) is 8.83. The summed E-state index contributed by atoms with van der Waals surface area (Å²) in [5, 5.41) is 0. The zero-order valence-electron chi connectivity index (χ0n) is 5.70. The molecular formula is H12P11-. The van der Waals surface area contributed by atoms with E-state index in [1.165, 1.54) is 7.96 Å². The molecule has 0 heterocycles. The normalized spacial score (nSPS) is 16.1. The van der Waals surface area contributed by atoms with Crippen molar-refractivity contribution < 1.29 is 0 Å². The van der Waals surface area contributed by atoms with Crippen LogP contribution in [0, 0.1) is 0 Å². The van der Waals surface area contributed by atoms with Crippen LogP contribution in [-0.2, 0) is 0 Å². The molecule has 0 nitrogen and oxygen atoms in total. The summed E-state index contributed by atoms with van der Waals surface area (Å²) in [4.78, 5) is 0. The van der Waals surface area contributed by atoms with E-state index in [-0.39, 0.29) is 27.9 Å². The van der Waals surface area contributed by atoms with E-state index in [1.807, 2.05) is 0 Å². The first-order chi connectivity index (χ1) is 5.00. The van der Waals surface area contributed by atoms with E-state index in [1.54, 1.807) is 0 Å². The Labute approximate surface area is 89.2 Å². The average Bonchev–Trinajstić information content (AvgIpc) is 1.85. The van der Waals surface area contributed by atoms with Gasteiger partial charge in [-0.1, -0.05) is 0 Å². The Hall–Kier alpha value is 4.73. The summed E-state index contributed by atoms with van der Waals surface area (Å²) in [5.41, 5.74) is 0. The minimum absolute atomic E-state index is 0.124. The smallest absolute Gasteiger partial charge is 0.0362 e. The van der Waals surface area contributed by atoms with Gasteiger partial charge in [0, 0.05) is 0 Å². The van der Waals surface area contributed by atoms with E-state index < -0.39 is 0 Å². The van der Waals surface area contributed by atoms with Gasteiger partial charge in [0.2, 0.25) is 0 Å². The largest absolute Gasteiger partial charge is 0.472 e. The lowest BCUT2D eigenvalue weighted by Gasteiger charge is -2.38. The van der Waals surface area contributed by atoms with Gasteiger partial charge >= 0.3 is 0 Å². The molecule has 11 heavy (non-hydrogen) atoms. The molecule has 11 heteroatoms. The van der Waals surface area contributed by atoms with Crippen molar-refractivity contribution in [3.05, 3.63) is 0 Å². The molecule has 7 unspecified atom stereocenters. The van der Waals surface area contributed by atoms with Crippen molar-refractivity contribution in [2.45, 2.75) is 0 Å². The van der Waals surface area contributed by atoms with E-state index in [2.05, 4.69) is 53.6 Å². The third-order valence-corrected chi connectivity index (χ3v) is 57.9. The standard InChI is InChI=1S/H12P11/c1-7-10(6)11(8(2)3)9(4)5/h1-6H2/q-1. The zero-order chi connectivity index (χ0) is 9.02. The molecule has 0 rings (SSSR count). The topological polar surface area (TPSA) is 0 Å². The van der Waals surface area contributed by atoms with Gasteiger partial charge in [0.25, 0.3) is 0 Å². The molecule has 0 bridgehead atoms. The molecule has 0 aromatic rings. The van der Waals surface area contributed by atoms with Gasteiger partial charge in [-0.25, -0.2) is 6.99 Å². The second-order valence-electron chi connectivity index (χ2n) is 1.46. The minimum Gasteiger partial charge on any atom is -0.472 e. The molecule has 0 fully saturated rings. The Balaban J connectivity index is 4.09. The van der Waals surface area contributed by atoms with Gasteiger partial charge in [0.05, 0.1) is 0 Å². The maximum Gasteiger partial charge on any atom is -0.0362 e. The number of hydrogen-bond donors (Lipinski definition) is 0. The van der Waals surface area contributed by atoms with Gasteiger partial charge < -0.3 is 7.96 Å². The van der Waals surface area contributed by atoms with E-state index in [0.29, 0.717) is 0 Å². The molecule has 0 amide bonds. The maximum atomic E-state index is 3.03. The first-order valence-electron chi connectivity index (χ1n) is 2.35. The second-order valence-corrected chi connectivity index (χ2v) is 39.5. The van der Waals surface area contributed by atoms with Crippen molar-refractivity contribution in [3.63, 3.8) is 0 Å². The maximum absolute atomic E-state index is 3.03. The minimum atomic E-state index is 0.124. The molecule has 0 aliphatic heterocycles. The zero-order valence-corrected chi connectivity index (χ0v) is 17.1. The molecule has 0 aliphatic rings. The van der Waals surface area contributed by atoms with Gasteiger partial charge in [-0.2, -0.15) is 0 Å². The fraction of sp³-hybridized carbons (Fsp3) is 0. The van der Waals surface area contributed by atoms with E-state index >= 15 is 0 Å². The Morgan fingerprint density at radius 2 is 1.18 bits per heavy atom. The average molecular weight is 353 g/mol. The highest BCUT2D eigenvalue weighted by molar-refractivity contribution is 9.18. The SMILES string of the molecule is P[P-]P(P)P(P(P)P)P(P)P. The van der Waals surface area contributed by atoms with Gasteiger partial charge in [-0.05, 0) is 21.0 Å². The summed E-state index contributed by atoms with van der Waals surface area (Å²) in [7, 11) is 19.3. The van der Waals surface area contributed by atoms with Gasteiger partial charge in [-0.3, -0.25) is 8.93 Å². The van der Waals surface area contributed by atoms with Crippen LogP contribution in [0.25, 0.3) is 0 Å². The molecule has 0 saturated heterocycles. The highest BCUT2D eigenvalue weighted by Gasteiger charge is 2.16. The van der Waals surface area contributed by atoms with E-state index in [0.717, 1.165) is 0 Å². The van der Waals surface area contributed by atoms with Crippen molar-refractivity contribution in [1.82, 2.24) is 0 Å². The molecule has 0 aromatic heterocycles. The van der Waals surface area contributed by atoms with Crippen molar-refractivity contribution in [3.8, 4) is 0 Å². The molecule has 0 aliphatic carbocycles. The van der Waals surface area contributed by atoms with Crippen LogP contribution in [0.15, 0.2) is 0 Å². The summed E-state index contributed by atoms with van der Waals surface area (Å²) in [5.74, 6) is 0. The molecule has 0 spiro atoms. The molecule has 0 N–H and O–H groups in total. The summed E-state index contributed by atoms with van der Waals surface area (Å²) < 4.78 is 0. The van der Waals surface area contributed by atoms with E-state index in [4.69, 9.17) is 0 Å². The summed E-state index contributed by atoms with van der Waals surface area (Å²) in [6, 6.07) is 0. The fourth-order valence-electron chi connectivity index (χ4n) is 0.377. The van der Waals surface area contributed by atoms with Crippen LogP contribution in [0.1, 0.15) is 0 Å². The number of hydrogen-bond acceptors (Lipinski definition) is 0. The molecule has 68 valence electrons. The van der Waals surface area contributed by atoms with Gasteiger partial charge in [0.15, 0.2) is 0 Å². The summed E-state index contributed by atoms with van der Waals surface area (Å²) in [6.07, 6.45) is 0. The van der Waals surface area contributed by atoms with Crippen molar-refractivity contribution >= 4 is 89.5 Å². The van der Waals surface area contributed by atoms with Crippen LogP contribution in [0.5, 0.6) is 0 Å². The predicted molar refractivity (Wildman–Crippen MR) is 92.9 cm³/mol. The van der Waals surface area contributed by atoms with Crippen molar-refractivity contribution in [2.24, 2.45) is 0 Å². The lowest BCUT2D eigenvalue weighted by atomic mass is 28.7. The third-order valence-electron chi connectivity index (χ3n) is 0.715. The molecule has 7 atom stereocenters. The van der Waals surface area contributed by atoms with Crippen molar-refractivity contribution in [2.75, 3.05) is 0 Å². The lowest BCUT2D eigenvalue weighted by molar-refractivity contribution is 4.67. The van der Waals surface area contributed by atoms with Crippen LogP contribution >= 0.6 is 89.5 Å². The lowest BCUT2D eigenvalue weighted by Crippen LogP contribution is -1.39. The third kappa shape index (κ3) is 6.80. The Morgan fingerprint density at radius 1 is 0.818 bits per heavy atom. The Bertz CT molecular complexity index is 84.2. The predicted octanol–water partition coefficient (Wildman–Crippen LogP) is 6.26. The molecule has 0 saturated carbocycles. The van der Waals surface area contributed by atoms with Crippen molar-refractivity contribution in [1.29, 1.82) is 0 Å². The molecule has 0 aromatic carbocycles. The Morgan fingerprint density at radius 3 is 1.27 bits per heavy atom. The van der Waals surface area contributed by atoms with Gasteiger partial charge in [0.1, 0.15) is 0 Å². The molecule has 0 radical (unpaired) electrons. The number of rotatable bonds is 4. The van der Waals surface area contributed by atoms with Crippen LogP contribution in [0.2, 0.25) is 0 Å². The quantitative estimate of drug-likeness (QED) is 0.524. The van der Waals surface area contributed by atoms with Crippen LogP contribution < -0.4 is 0 Å². The van der Waals surface area contributed by atoms with Crippen LogP contribution in [0.4, 0.5) is 0 Å². The van der Waals surface area contributed by atoms with Crippen LogP contribution in [-0.4, -0.2) is 0 Å². The summed E-state index contributed by atoms with van der Waals surface area (Å²) in [6.45, 7) is 0.655. The summed E-state index contributed by atoms with van der Waals surface area (Å²) >= 11 is 0. The van der Waals surface area contributed by atoms with Crippen LogP contribution in [0.3, 0.4) is 0 Å². The highest BCUT2D eigenvalue weighted by atomic mass is 33.2. The Kier molecular flexibility index (Phi) is 12.6. The van der Waals surface area contributed by atoms with E-state index in [9.17, 15) is 0 Å². The first-order valence-corrected chi connectivity index (χ1v) is 21.1. The molecular weight excluding hydrogens is 341 g/mol. The first kappa shape index (κ1) is 15.7. The monoisotopic (exact) mass is 353 g/mol. The van der Waals surface area contributed by atoms with Gasteiger partial charge in [-0.15, -0.1) is 44.6 Å². The fourth-order valence-corrected chi connectivity index (χ4v) is 91.6.